The van der Waals surface area contributed by atoms with E-state index in [1.54, 1.807) is 0 Å². The molecule has 0 radical (unpaired) electrons. The Labute approximate surface area is 174 Å². The SMILES string of the molecule is Cc1cc(C)nc(SC(C(=O)NCCc2ccc(Cl)cc2)c2ccccc2)n1. The van der Waals surface area contributed by atoms with Crippen LogP contribution in [0.25, 0.3) is 0 Å². The van der Waals surface area contributed by atoms with Gasteiger partial charge in [0.25, 0.3) is 0 Å². The van der Waals surface area contributed by atoms with Crippen LogP contribution in [0.2, 0.25) is 5.02 Å². The van der Waals surface area contributed by atoms with Gasteiger partial charge < -0.3 is 5.32 Å². The highest BCUT2D eigenvalue weighted by molar-refractivity contribution is 8.00. The third-order valence-corrected chi connectivity index (χ3v) is 5.52. The first-order chi connectivity index (χ1) is 13.5. The minimum atomic E-state index is -0.410. The number of benzene rings is 2. The fourth-order valence-corrected chi connectivity index (χ4v) is 4.04. The van der Waals surface area contributed by atoms with E-state index in [1.807, 2.05) is 74.5 Å². The summed E-state index contributed by atoms with van der Waals surface area (Å²) in [6.45, 7) is 4.42. The van der Waals surface area contributed by atoms with Gasteiger partial charge in [-0.05, 0) is 49.6 Å². The maximum Gasteiger partial charge on any atom is 0.238 e. The molecule has 1 N–H and O–H groups in total. The Morgan fingerprint density at radius 2 is 1.68 bits per heavy atom. The third-order valence-electron chi connectivity index (χ3n) is 4.15. The van der Waals surface area contributed by atoms with Gasteiger partial charge in [0.15, 0.2) is 5.16 Å². The number of aryl methyl sites for hydroxylation is 2. The number of nitrogens with one attached hydrogen (secondary N) is 1. The molecule has 0 saturated carbocycles. The highest BCUT2D eigenvalue weighted by Gasteiger charge is 2.23. The molecule has 1 aromatic heterocycles. The summed E-state index contributed by atoms with van der Waals surface area (Å²) in [6.07, 6.45) is 0.745. The molecule has 4 nitrogen and oxygen atoms in total. The van der Waals surface area contributed by atoms with Crippen molar-refractivity contribution in [2.24, 2.45) is 0 Å². The van der Waals surface area contributed by atoms with Crippen molar-refractivity contribution in [3.8, 4) is 0 Å². The maximum atomic E-state index is 13.0. The molecule has 1 amide bonds. The molecule has 0 bridgehead atoms. The molecular formula is C22H22ClN3OS. The topological polar surface area (TPSA) is 54.9 Å². The van der Waals surface area contributed by atoms with E-state index >= 15 is 0 Å². The zero-order valence-electron chi connectivity index (χ0n) is 15.9. The minimum Gasteiger partial charge on any atom is -0.354 e. The van der Waals surface area contributed by atoms with Gasteiger partial charge in [0.05, 0.1) is 0 Å². The Morgan fingerprint density at radius 3 is 2.32 bits per heavy atom. The Hall–Kier alpha value is -2.37. The van der Waals surface area contributed by atoms with E-state index in [0.29, 0.717) is 16.7 Å². The fourth-order valence-electron chi connectivity index (χ4n) is 2.83. The van der Waals surface area contributed by atoms with Gasteiger partial charge in [-0.2, -0.15) is 0 Å². The number of amides is 1. The standard InChI is InChI=1S/C22H22ClN3OS/c1-15-14-16(2)26-22(25-15)28-20(18-6-4-3-5-7-18)21(27)24-13-12-17-8-10-19(23)11-9-17/h3-11,14,20H,12-13H2,1-2H3,(H,24,27). The van der Waals surface area contributed by atoms with Gasteiger partial charge in [0.2, 0.25) is 5.91 Å². The smallest absolute Gasteiger partial charge is 0.238 e. The monoisotopic (exact) mass is 411 g/mol. The van der Waals surface area contributed by atoms with Crippen molar-refractivity contribution in [1.29, 1.82) is 0 Å². The Kier molecular flexibility index (Phi) is 7.06. The van der Waals surface area contributed by atoms with Crippen molar-refractivity contribution in [1.82, 2.24) is 15.3 Å². The normalized spacial score (nSPS) is 11.8. The van der Waals surface area contributed by atoms with Crippen LogP contribution in [-0.2, 0) is 11.2 Å². The molecule has 1 unspecified atom stereocenters. The van der Waals surface area contributed by atoms with Crippen LogP contribution in [0.1, 0.15) is 27.8 Å². The summed E-state index contributed by atoms with van der Waals surface area (Å²) in [6, 6.07) is 19.3. The van der Waals surface area contributed by atoms with E-state index in [-0.39, 0.29) is 5.91 Å². The van der Waals surface area contributed by atoms with E-state index in [2.05, 4.69) is 15.3 Å². The first-order valence-corrected chi connectivity index (χ1v) is 10.3. The second-order valence-corrected chi connectivity index (χ2v) is 8.02. The largest absolute Gasteiger partial charge is 0.354 e. The molecule has 0 saturated heterocycles. The Bertz CT molecular complexity index is 912. The van der Waals surface area contributed by atoms with Crippen molar-refractivity contribution < 1.29 is 4.79 Å². The Morgan fingerprint density at radius 1 is 1.04 bits per heavy atom. The summed E-state index contributed by atoms with van der Waals surface area (Å²) >= 11 is 7.30. The van der Waals surface area contributed by atoms with E-state index < -0.39 is 5.25 Å². The van der Waals surface area contributed by atoms with Gasteiger partial charge >= 0.3 is 0 Å². The van der Waals surface area contributed by atoms with Gasteiger partial charge in [-0.25, -0.2) is 9.97 Å². The highest BCUT2D eigenvalue weighted by atomic mass is 35.5. The number of hydrogen-bond acceptors (Lipinski definition) is 4. The van der Waals surface area contributed by atoms with Crippen LogP contribution >= 0.6 is 23.4 Å². The number of carbonyl (C=O) groups is 1. The van der Waals surface area contributed by atoms with Gasteiger partial charge in [0.1, 0.15) is 5.25 Å². The minimum absolute atomic E-state index is 0.0482. The summed E-state index contributed by atoms with van der Waals surface area (Å²) in [5, 5.41) is 3.96. The van der Waals surface area contributed by atoms with Crippen LogP contribution in [0.15, 0.2) is 65.8 Å². The molecule has 2 aromatic carbocycles. The van der Waals surface area contributed by atoms with Crippen molar-refractivity contribution in [3.63, 3.8) is 0 Å². The lowest BCUT2D eigenvalue weighted by molar-refractivity contribution is -0.120. The zero-order valence-corrected chi connectivity index (χ0v) is 17.4. The number of hydrogen-bond donors (Lipinski definition) is 1. The van der Waals surface area contributed by atoms with Gasteiger partial charge in [0, 0.05) is 23.0 Å². The molecular weight excluding hydrogens is 390 g/mol. The average molecular weight is 412 g/mol. The molecule has 3 aromatic rings. The van der Waals surface area contributed by atoms with Crippen molar-refractivity contribution in [2.45, 2.75) is 30.7 Å². The summed E-state index contributed by atoms with van der Waals surface area (Å²) in [4.78, 5) is 21.9. The maximum absolute atomic E-state index is 13.0. The van der Waals surface area contributed by atoms with E-state index in [0.717, 1.165) is 28.9 Å². The lowest BCUT2D eigenvalue weighted by atomic mass is 10.1. The quantitative estimate of drug-likeness (QED) is 0.442. The number of halogens is 1. The molecule has 0 aliphatic heterocycles. The molecule has 0 aliphatic carbocycles. The number of rotatable bonds is 7. The average Bonchev–Trinajstić information content (AvgIpc) is 2.67. The lowest BCUT2D eigenvalue weighted by Crippen LogP contribution is -2.30. The van der Waals surface area contributed by atoms with Crippen LogP contribution in [0.4, 0.5) is 0 Å². The fraction of sp³-hybridized carbons (Fsp3) is 0.227. The summed E-state index contributed by atoms with van der Waals surface area (Å²) in [5.74, 6) is -0.0482. The van der Waals surface area contributed by atoms with Crippen LogP contribution < -0.4 is 5.32 Å². The molecule has 1 atom stereocenters. The van der Waals surface area contributed by atoms with Crippen LogP contribution in [-0.4, -0.2) is 22.4 Å². The van der Waals surface area contributed by atoms with E-state index in [9.17, 15) is 4.79 Å². The first kappa shape index (κ1) is 20.4. The molecule has 0 spiro atoms. The van der Waals surface area contributed by atoms with Gasteiger partial charge in [-0.1, -0.05) is 65.8 Å². The third kappa shape index (κ3) is 5.81. The number of thioether (sulfide) groups is 1. The second-order valence-electron chi connectivity index (χ2n) is 6.51. The van der Waals surface area contributed by atoms with Gasteiger partial charge in [-0.15, -0.1) is 0 Å². The number of aromatic nitrogens is 2. The summed E-state index contributed by atoms with van der Waals surface area (Å²) in [5.41, 5.74) is 3.85. The van der Waals surface area contributed by atoms with Crippen LogP contribution in [0, 0.1) is 13.8 Å². The van der Waals surface area contributed by atoms with Crippen molar-refractivity contribution >= 4 is 29.3 Å². The first-order valence-electron chi connectivity index (χ1n) is 9.07. The molecule has 0 fully saturated rings. The molecule has 6 heteroatoms. The zero-order chi connectivity index (χ0) is 19.9. The number of carbonyl (C=O) groups excluding carboxylic acids is 1. The van der Waals surface area contributed by atoms with E-state index in [1.165, 1.54) is 11.8 Å². The predicted octanol–water partition coefficient (Wildman–Crippen LogP) is 4.94. The van der Waals surface area contributed by atoms with Gasteiger partial charge in [-0.3, -0.25) is 4.79 Å². The predicted molar refractivity (Wildman–Crippen MR) is 115 cm³/mol. The summed E-state index contributed by atoms with van der Waals surface area (Å²) < 4.78 is 0. The summed E-state index contributed by atoms with van der Waals surface area (Å²) in [7, 11) is 0. The molecule has 1 heterocycles. The van der Waals surface area contributed by atoms with Crippen molar-refractivity contribution in [3.05, 3.63) is 88.2 Å². The molecule has 3 rings (SSSR count). The van der Waals surface area contributed by atoms with E-state index in [4.69, 9.17) is 11.6 Å². The molecule has 144 valence electrons. The number of nitrogens with zero attached hydrogens (tertiary/aromatic N) is 2. The van der Waals surface area contributed by atoms with Crippen LogP contribution in [0.3, 0.4) is 0 Å². The molecule has 28 heavy (non-hydrogen) atoms. The highest BCUT2D eigenvalue weighted by Crippen LogP contribution is 2.33. The second kappa shape index (κ2) is 9.71. The lowest BCUT2D eigenvalue weighted by Gasteiger charge is -2.16. The Balaban J connectivity index is 1.71. The van der Waals surface area contributed by atoms with Crippen LogP contribution in [0.5, 0.6) is 0 Å². The molecule has 0 aliphatic rings. The van der Waals surface area contributed by atoms with Crippen molar-refractivity contribution in [2.75, 3.05) is 6.54 Å².